The molecule has 1 spiro atoms. The molecule has 1 aliphatic carbocycles. The molecule has 1 heterocycles. The molecule has 4 aromatic carbocycles. The van der Waals surface area contributed by atoms with Gasteiger partial charge in [0.05, 0.1) is 18.6 Å². The van der Waals surface area contributed by atoms with Crippen LogP contribution in [-0.2, 0) is 5.41 Å². The fourth-order valence-corrected chi connectivity index (χ4v) is 8.66. The standard InChI is InChI=1S/C45H54Br2O3/c1-3-5-7-9-11-13-15-17-27-48-35-21-25-39-43(31-35)50-44-32-36(49-28-18-16-14-12-10-8-6-4-2)22-26-40(44)45(39)41-29-33(46)19-23-37(41)38-24-20-34(47)30-42(38)45/h19-26,29-32H,3-18,27-28H2,1-2H3. The van der Waals surface area contributed by atoms with Crippen LogP contribution in [0.3, 0.4) is 0 Å². The number of benzene rings is 4. The molecular weight excluding hydrogens is 748 g/mol. The fourth-order valence-electron chi connectivity index (χ4n) is 7.94. The molecule has 4 aromatic rings. The lowest BCUT2D eigenvalue weighted by Gasteiger charge is -2.39. The zero-order valence-electron chi connectivity index (χ0n) is 30.1. The second-order valence-electron chi connectivity index (χ2n) is 14.2. The van der Waals surface area contributed by atoms with Crippen molar-refractivity contribution in [3.05, 3.63) is 104 Å². The molecule has 1 aliphatic heterocycles. The molecule has 0 saturated carbocycles. The lowest BCUT2D eigenvalue weighted by atomic mass is 9.66. The summed E-state index contributed by atoms with van der Waals surface area (Å²) in [7, 11) is 0. The molecule has 3 nitrogen and oxygen atoms in total. The molecule has 0 atom stereocenters. The molecule has 0 fully saturated rings. The lowest BCUT2D eigenvalue weighted by molar-refractivity contribution is 0.300. The van der Waals surface area contributed by atoms with Crippen molar-refractivity contribution in [2.45, 2.75) is 122 Å². The van der Waals surface area contributed by atoms with Crippen LogP contribution in [0, 0.1) is 0 Å². The number of hydrogen-bond donors (Lipinski definition) is 0. The van der Waals surface area contributed by atoms with Crippen LogP contribution in [0.2, 0.25) is 0 Å². The number of halogens is 2. The van der Waals surface area contributed by atoms with E-state index in [1.54, 1.807) is 0 Å². The first kappa shape index (κ1) is 37.0. The van der Waals surface area contributed by atoms with Gasteiger partial charge in [0, 0.05) is 32.2 Å². The van der Waals surface area contributed by atoms with Gasteiger partial charge in [-0.25, -0.2) is 0 Å². The van der Waals surface area contributed by atoms with Crippen LogP contribution in [-0.4, -0.2) is 13.2 Å². The Bertz CT molecular complexity index is 1590. The van der Waals surface area contributed by atoms with Gasteiger partial charge in [0.1, 0.15) is 23.0 Å². The Morgan fingerprint density at radius 3 is 1.28 bits per heavy atom. The first-order chi connectivity index (χ1) is 24.6. The molecule has 6 rings (SSSR count). The van der Waals surface area contributed by atoms with E-state index < -0.39 is 5.41 Å². The van der Waals surface area contributed by atoms with Crippen LogP contribution >= 0.6 is 31.9 Å². The van der Waals surface area contributed by atoms with Gasteiger partial charge < -0.3 is 14.2 Å². The average molecular weight is 803 g/mol. The molecule has 0 radical (unpaired) electrons. The summed E-state index contributed by atoms with van der Waals surface area (Å²) < 4.78 is 21.7. The van der Waals surface area contributed by atoms with Gasteiger partial charge in [-0.1, -0.05) is 160 Å². The minimum absolute atomic E-state index is 0.548. The van der Waals surface area contributed by atoms with Crippen molar-refractivity contribution >= 4 is 31.9 Å². The zero-order chi connectivity index (χ0) is 34.8. The first-order valence-corrected chi connectivity index (χ1v) is 21.0. The van der Waals surface area contributed by atoms with Crippen LogP contribution in [0.1, 0.15) is 139 Å². The van der Waals surface area contributed by atoms with Gasteiger partial charge in [-0.2, -0.15) is 0 Å². The Balaban J connectivity index is 1.25. The SMILES string of the molecule is CCCCCCCCCCOc1ccc2c(c1)Oc1cc(OCCCCCCCCCC)ccc1C21c2cc(Br)ccc2-c2ccc(Br)cc21. The quantitative estimate of drug-likeness (QED) is 0.0720. The van der Waals surface area contributed by atoms with Gasteiger partial charge in [-0.3, -0.25) is 0 Å². The van der Waals surface area contributed by atoms with E-state index in [1.165, 1.54) is 112 Å². The predicted molar refractivity (Wildman–Crippen MR) is 215 cm³/mol. The molecule has 50 heavy (non-hydrogen) atoms. The van der Waals surface area contributed by atoms with E-state index in [9.17, 15) is 0 Å². The van der Waals surface area contributed by atoms with E-state index in [0.717, 1.165) is 69.1 Å². The van der Waals surface area contributed by atoms with Crippen LogP contribution < -0.4 is 14.2 Å². The molecule has 2 aliphatic rings. The smallest absolute Gasteiger partial charge is 0.135 e. The summed E-state index contributed by atoms with van der Waals surface area (Å²) >= 11 is 7.64. The molecule has 0 unspecified atom stereocenters. The van der Waals surface area contributed by atoms with Crippen molar-refractivity contribution in [2.24, 2.45) is 0 Å². The molecule has 5 heteroatoms. The number of ether oxygens (including phenoxy) is 3. The van der Waals surface area contributed by atoms with Crippen molar-refractivity contribution in [1.29, 1.82) is 0 Å². The third-order valence-electron chi connectivity index (χ3n) is 10.5. The van der Waals surface area contributed by atoms with Crippen molar-refractivity contribution in [3.8, 4) is 34.1 Å². The Morgan fingerprint density at radius 1 is 0.460 bits per heavy atom. The Hall–Kier alpha value is -2.76. The summed E-state index contributed by atoms with van der Waals surface area (Å²) in [5, 5.41) is 0. The molecule has 266 valence electrons. The second-order valence-corrected chi connectivity index (χ2v) is 16.0. The van der Waals surface area contributed by atoms with Crippen molar-refractivity contribution in [3.63, 3.8) is 0 Å². The molecule has 0 bridgehead atoms. The normalized spacial score (nSPS) is 13.4. The summed E-state index contributed by atoms with van der Waals surface area (Å²) in [6, 6.07) is 26.3. The van der Waals surface area contributed by atoms with E-state index in [4.69, 9.17) is 14.2 Å². The van der Waals surface area contributed by atoms with Crippen LogP contribution in [0.25, 0.3) is 11.1 Å². The van der Waals surface area contributed by atoms with Crippen molar-refractivity contribution < 1.29 is 14.2 Å². The largest absolute Gasteiger partial charge is 0.493 e. The predicted octanol–water partition coefficient (Wildman–Crippen LogP) is 14.7. The molecule has 0 aromatic heterocycles. The number of unbranched alkanes of at least 4 members (excludes halogenated alkanes) is 14. The highest BCUT2D eigenvalue weighted by Crippen LogP contribution is 2.63. The topological polar surface area (TPSA) is 27.7 Å². The maximum atomic E-state index is 6.84. The van der Waals surface area contributed by atoms with Gasteiger partial charge >= 0.3 is 0 Å². The fraction of sp³-hybridized carbons (Fsp3) is 0.467. The summed E-state index contributed by atoms with van der Waals surface area (Å²) in [5.41, 5.74) is 6.73. The second kappa shape index (κ2) is 18.1. The van der Waals surface area contributed by atoms with E-state index in [-0.39, 0.29) is 0 Å². The minimum Gasteiger partial charge on any atom is -0.493 e. The Kier molecular flexibility index (Phi) is 13.4. The van der Waals surface area contributed by atoms with Gasteiger partial charge in [0.15, 0.2) is 0 Å². The van der Waals surface area contributed by atoms with E-state index >= 15 is 0 Å². The van der Waals surface area contributed by atoms with Crippen LogP contribution in [0.5, 0.6) is 23.0 Å². The van der Waals surface area contributed by atoms with Gasteiger partial charge in [-0.05, 0) is 71.5 Å². The van der Waals surface area contributed by atoms with Crippen LogP contribution in [0.4, 0.5) is 0 Å². The highest BCUT2D eigenvalue weighted by atomic mass is 79.9. The summed E-state index contributed by atoms with van der Waals surface area (Å²) in [6.07, 6.45) is 20.5. The van der Waals surface area contributed by atoms with Crippen molar-refractivity contribution in [1.82, 2.24) is 0 Å². The third-order valence-corrected chi connectivity index (χ3v) is 11.5. The highest BCUT2D eigenvalue weighted by molar-refractivity contribution is 9.10. The van der Waals surface area contributed by atoms with Gasteiger partial charge in [-0.15, -0.1) is 0 Å². The van der Waals surface area contributed by atoms with E-state index in [1.807, 2.05) is 0 Å². The number of rotatable bonds is 20. The molecule has 0 amide bonds. The maximum absolute atomic E-state index is 6.84. The van der Waals surface area contributed by atoms with E-state index in [0.29, 0.717) is 0 Å². The first-order valence-electron chi connectivity index (χ1n) is 19.4. The summed E-state index contributed by atoms with van der Waals surface area (Å²) in [4.78, 5) is 0. The Labute approximate surface area is 317 Å². The van der Waals surface area contributed by atoms with Gasteiger partial charge in [0.2, 0.25) is 0 Å². The van der Waals surface area contributed by atoms with Crippen LogP contribution in [0.15, 0.2) is 81.7 Å². The molecular formula is C45H54Br2O3. The number of fused-ring (bicyclic) bond motifs is 9. The molecule has 0 N–H and O–H groups in total. The minimum atomic E-state index is -0.548. The zero-order valence-corrected chi connectivity index (χ0v) is 33.3. The monoisotopic (exact) mass is 800 g/mol. The third kappa shape index (κ3) is 8.31. The molecule has 0 saturated heterocycles. The highest BCUT2D eigenvalue weighted by Gasteiger charge is 2.51. The summed E-state index contributed by atoms with van der Waals surface area (Å²) in [6.45, 7) is 5.99. The van der Waals surface area contributed by atoms with Crippen molar-refractivity contribution in [2.75, 3.05) is 13.2 Å². The summed E-state index contributed by atoms with van der Waals surface area (Å²) in [5.74, 6) is 3.39. The lowest BCUT2D eigenvalue weighted by Crippen LogP contribution is -2.32. The average Bonchev–Trinajstić information content (AvgIpc) is 3.38. The Morgan fingerprint density at radius 2 is 0.860 bits per heavy atom. The van der Waals surface area contributed by atoms with E-state index in [2.05, 4.69) is 119 Å². The number of hydrogen-bond acceptors (Lipinski definition) is 3. The van der Waals surface area contributed by atoms with Gasteiger partial charge in [0.25, 0.3) is 0 Å². The maximum Gasteiger partial charge on any atom is 0.135 e.